The topological polar surface area (TPSA) is 98.8 Å². The number of hydrogen-bond acceptors (Lipinski definition) is 7. The van der Waals surface area contributed by atoms with Crippen LogP contribution in [0.25, 0.3) is 16.9 Å². The highest BCUT2D eigenvalue weighted by Gasteiger charge is 2.38. The molecule has 3 aromatic carbocycles. The van der Waals surface area contributed by atoms with Crippen LogP contribution in [0, 0.1) is 6.92 Å². The molecule has 2 aromatic heterocycles. The molecule has 0 aliphatic carbocycles. The average molecular weight is 593 g/mol. The van der Waals surface area contributed by atoms with Crippen LogP contribution in [0.1, 0.15) is 27.7 Å². The molecular formula is C33H28N4O5S. The zero-order valence-electron chi connectivity index (χ0n) is 23.4. The molecule has 0 unspecified atom stereocenters. The van der Waals surface area contributed by atoms with Gasteiger partial charge < -0.3 is 19.2 Å². The Morgan fingerprint density at radius 2 is 1.86 bits per heavy atom. The quantitative estimate of drug-likeness (QED) is 0.261. The number of furan rings is 1. The fraction of sp³-hybridized carbons (Fsp3) is 0.182. The standard InChI is InChI=1S/C33H28N4O5S/c1-21-7-5-10-24(15-21)37-33-30(31(35-37)22-8-3-2-4-9-22)32(23-12-13-26-27(16-23)42-20-41-26)43-19-29(39)36(33)18-28(38)34-17-25-11-6-14-40-25/h2-16,32H,17-20H2,1H3,(H,34,38)/t32-/m1/s1. The number of nitrogens with zero attached hydrogens (tertiary/aromatic N) is 3. The largest absolute Gasteiger partial charge is 0.467 e. The van der Waals surface area contributed by atoms with E-state index in [9.17, 15) is 9.59 Å². The molecule has 1 N–H and O–H groups in total. The number of rotatable bonds is 7. The molecule has 0 spiro atoms. The third-order valence-electron chi connectivity index (χ3n) is 7.42. The van der Waals surface area contributed by atoms with E-state index in [1.807, 2.05) is 79.7 Å². The van der Waals surface area contributed by atoms with Crippen molar-refractivity contribution in [2.24, 2.45) is 0 Å². The first kappa shape index (κ1) is 26.9. The second-order valence-electron chi connectivity index (χ2n) is 10.3. The molecule has 0 fully saturated rings. The third kappa shape index (κ3) is 5.25. The molecule has 9 nitrogen and oxygen atoms in total. The van der Waals surface area contributed by atoms with Gasteiger partial charge in [-0.05, 0) is 54.4 Å². The van der Waals surface area contributed by atoms with Gasteiger partial charge in [0, 0.05) is 11.1 Å². The highest BCUT2D eigenvalue weighted by Crippen LogP contribution is 2.50. The van der Waals surface area contributed by atoms with E-state index in [1.165, 1.54) is 11.8 Å². The van der Waals surface area contributed by atoms with Gasteiger partial charge in [0.1, 0.15) is 18.1 Å². The smallest absolute Gasteiger partial charge is 0.240 e. The van der Waals surface area contributed by atoms with Gasteiger partial charge in [0.2, 0.25) is 18.6 Å². The molecule has 0 radical (unpaired) electrons. The summed E-state index contributed by atoms with van der Waals surface area (Å²) < 4.78 is 18.5. The van der Waals surface area contributed by atoms with Crippen molar-refractivity contribution in [3.8, 4) is 28.4 Å². The summed E-state index contributed by atoms with van der Waals surface area (Å²) in [4.78, 5) is 28.8. The molecule has 4 heterocycles. The van der Waals surface area contributed by atoms with Crippen LogP contribution >= 0.6 is 11.8 Å². The number of carbonyl (C=O) groups is 2. The molecule has 10 heteroatoms. The summed E-state index contributed by atoms with van der Waals surface area (Å²) in [6.45, 7) is 2.23. The first-order valence-electron chi connectivity index (χ1n) is 13.9. The lowest BCUT2D eigenvalue weighted by molar-refractivity contribution is -0.123. The van der Waals surface area contributed by atoms with E-state index >= 15 is 0 Å². The summed E-state index contributed by atoms with van der Waals surface area (Å²) in [5.74, 6) is 2.23. The predicted octanol–water partition coefficient (Wildman–Crippen LogP) is 5.66. The van der Waals surface area contributed by atoms with Crippen LogP contribution in [0.3, 0.4) is 0 Å². The fourth-order valence-electron chi connectivity index (χ4n) is 5.41. The number of hydrogen-bond donors (Lipinski definition) is 1. The summed E-state index contributed by atoms with van der Waals surface area (Å²) in [6.07, 6.45) is 1.56. The number of carbonyl (C=O) groups excluding carboxylic acids is 2. The van der Waals surface area contributed by atoms with E-state index in [0.29, 0.717) is 23.1 Å². The monoisotopic (exact) mass is 592 g/mol. The molecule has 7 rings (SSSR count). The lowest BCUT2D eigenvalue weighted by Crippen LogP contribution is -2.42. The number of amides is 2. The Hall–Kier alpha value is -4.96. The van der Waals surface area contributed by atoms with Crippen LogP contribution in [-0.4, -0.2) is 40.7 Å². The highest BCUT2D eigenvalue weighted by molar-refractivity contribution is 8.00. The van der Waals surface area contributed by atoms with Gasteiger partial charge in [-0.15, -0.1) is 11.8 Å². The minimum atomic E-state index is -0.305. The zero-order valence-corrected chi connectivity index (χ0v) is 24.2. The first-order valence-corrected chi connectivity index (χ1v) is 15.0. The van der Waals surface area contributed by atoms with Crippen molar-refractivity contribution in [3.63, 3.8) is 0 Å². The zero-order chi connectivity index (χ0) is 29.3. The Bertz CT molecular complexity index is 1800. The molecule has 5 aromatic rings. The van der Waals surface area contributed by atoms with Gasteiger partial charge >= 0.3 is 0 Å². The Labute approximate surface area is 252 Å². The number of benzene rings is 3. The Morgan fingerprint density at radius 1 is 1.00 bits per heavy atom. The van der Waals surface area contributed by atoms with Crippen molar-refractivity contribution < 1.29 is 23.5 Å². The van der Waals surface area contributed by atoms with E-state index in [-0.39, 0.29) is 42.7 Å². The van der Waals surface area contributed by atoms with E-state index in [4.69, 9.17) is 19.0 Å². The van der Waals surface area contributed by atoms with E-state index in [0.717, 1.165) is 33.6 Å². The number of ether oxygens (including phenoxy) is 2. The molecule has 2 amide bonds. The average Bonchev–Trinajstić information content (AvgIpc) is 3.78. The molecule has 2 aliphatic rings. The molecule has 0 saturated carbocycles. The Balaban J connectivity index is 1.41. The van der Waals surface area contributed by atoms with E-state index in [2.05, 4.69) is 5.32 Å². The summed E-state index contributed by atoms with van der Waals surface area (Å²) in [5, 5.41) is 7.76. The normalized spacial score (nSPS) is 15.7. The molecule has 2 aliphatic heterocycles. The number of thioether (sulfide) groups is 1. The van der Waals surface area contributed by atoms with Crippen LogP contribution in [0.4, 0.5) is 5.82 Å². The first-order chi connectivity index (χ1) is 21.0. The number of nitrogens with one attached hydrogen (secondary N) is 1. The lowest BCUT2D eigenvalue weighted by Gasteiger charge is -2.23. The highest BCUT2D eigenvalue weighted by atomic mass is 32.2. The third-order valence-corrected chi connectivity index (χ3v) is 8.68. The fourth-order valence-corrected chi connectivity index (χ4v) is 6.59. The molecule has 0 bridgehead atoms. The van der Waals surface area contributed by atoms with Crippen LogP contribution in [0.15, 0.2) is 95.6 Å². The summed E-state index contributed by atoms with van der Waals surface area (Å²) in [7, 11) is 0. The number of aromatic nitrogens is 2. The van der Waals surface area contributed by atoms with E-state index < -0.39 is 0 Å². The molecule has 43 heavy (non-hydrogen) atoms. The van der Waals surface area contributed by atoms with Crippen LogP contribution in [0.5, 0.6) is 11.5 Å². The van der Waals surface area contributed by atoms with Gasteiger partial charge in [-0.25, -0.2) is 4.68 Å². The van der Waals surface area contributed by atoms with Crippen molar-refractivity contribution in [2.75, 3.05) is 24.0 Å². The van der Waals surface area contributed by atoms with E-state index in [1.54, 1.807) is 28.0 Å². The summed E-state index contributed by atoms with van der Waals surface area (Å²) in [6, 6.07) is 27.3. The minimum absolute atomic E-state index is 0.168. The minimum Gasteiger partial charge on any atom is -0.467 e. The van der Waals surface area contributed by atoms with Gasteiger partial charge in [0.25, 0.3) is 0 Å². The maximum Gasteiger partial charge on any atom is 0.240 e. The van der Waals surface area contributed by atoms with Gasteiger partial charge in [-0.3, -0.25) is 14.5 Å². The molecule has 216 valence electrons. The van der Waals surface area contributed by atoms with Crippen molar-refractivity contribution in [1.29, 1.82) is 0 Å². The summed E-state index contributed by atoms with van der Waals surface area (Å²) >= 11 is 1.51. The molecule has 0 saturated heterocycles. The molecular weight excluding hydrogens is 564 g/mol. The second kappa shape index (κ2) is 11.4. The van der Waals surface area contributed by atoms with Crippen molar-refractivity contribution >= 4 is 29.4 Å². The SMILES string of the molecule is Cc1cccc(-n2nc(-c3ccccc3)c3c2N(CC(=O)NCc2ccco2)C(=O)CS[C@@H]3c2ccc3c(c2)OCO3)c1. The van der Waals surface area contributed by atoms with Crippen LogP contribution in [-0.2, 0) is 16.1 Å². The van der Waals surface area contributed by atoms with Crippen LogP contribution < -0.4 is 19.7 Å². The van der Waals surface area contributed by atoms with Crippen molar-refractivity contribution in [1.82, 2.24) is 15.1 Å². The Kier molecular flexibility index (Phi) is 7.12. The maximum atomic E-state index is 13.9. The number of anilines is 1. The number of fused-ring (bicyclic) bond motifs is 2. The Morgan fingerprint density at radius 3 is 2.67 bits per heavy atom. The molecule has 1 atom stereocenters. The number of aryl methyl sites for hydroxylation is 1. The van der Waals surface area contributed by atoms with Crippen molar-refractivity contribution in [3.05, 3.63) is 114 Å². The van der Waals surface area contributed by atoms with Crippen LogP contribution in [0.2, 0.25) is 0 Å². The summed E-state index contributed by atoms with van der Waals surface area (Å²) in [5.41, 5.74) is 5.29. The predicted molar refractivity (Wildman–Crippen MR) is 164 cm³/mol. The lowest BCUT2D eigenvalue weighted by atomic mass is 9.99. The second-order valence-corrected chi connectivity index (χ2v) is 11.4. The van der Waals surface area contributed by atoms with Gasteiger partial charge in [0.05, 0.1) is 35.2 Å². The van der Waals surface area contributed by atoms with Crippen molar-refractivity contribution in [2.45, 2.75) is 18.7 Å². The van der Waals surface area contributed by atoms with Gasteiger partial charge in [-0.1, -0.05) is 48.5 Å². The van der Waals surface area contributed by atoms with Gasteiger partial charge in [-0.2, -0.15) is 5.10 Å². The maximum absolute atomic E-state index is 13.9. The van der Waals surface area contributed by atoms with Gasteiger partial charge in [0.15, 0.2) is 11.5 Å².